The van der Waals surface area contributed by atoms with E-state index in [1.165, 1.54) is 23.3 Å². The smallest absolute Gasteiger partial charge is 0.123 e. The molecule has 4 rings (SSSR count). The minimum atomic E-state index is -0.335. The van der Waals surface area contributed by atoms with E-state index in [2.05, 4.69) is 47.6 Å². The van der Waals surface area contributed by atoms with E-state index in [9.17, 15) is 4.39 Å². The quantitative estimate of drug-likeness (QED) is 0.742. The predicted molar refractivity (Wildman–Crippen MR) is 89.9 cm³/mol. The zero-order valence-electron chi connectivity index (χ0n) is 12.8. The molecule has 0 spiro atoms. The number of halogens is 1. The van der Waals surface area contributed by atoms with Gasteiger partial charge in [-0.1, -0.05) is 30.3 Å². The van der Waals surface area contributed by atoms with Gasteiger partial charge in [-0.2, -0.15) is 0 Å². The van der Waals surface area contributed by atoms with Gasteiger partial charge in [0.15, 0.2) is 0 Å². The molecular weight excluding hydrogens is 287 g/mol. The number of benzene rings is 2. The second kappa shape index (κ2) is 5.20. The Kier molecular flexibility index (Phi) is 3.15. The Hall–Kier alpha value is -2.68. The second-order valence-electron chi connectivity index (χ2n) is 6.14. The van der Waals surface area contributed by atoms with E-state index in [-0.39, 0.29) is 17.3 Å². The van der Waals surface area contributed by atoms with Gasteiger partial charge in [0.05, 0.1) is 5.54 Å². The number of hydrogen-bond donors (Lipinski definition) is 1. The molecule has 1 aliphatic rings. The summed E-state index contributed by atoms with van der Waals surface area (Å²) in [5.74, 6) is -0.0690. The molecule has 0 bridgehead atoms. The van der Waals surface area contributed by atoms with E-state index in [4.69, 9.17) is 0 Å². The third-order valence-electron chi connectivity index (χ3n) is 4.73. The van der Waals surface area contributed by atoms with E-state index in [0.717, 1.165) is 11.3 Å². The van der Waals surface area contributed by atoms with Crippen molar-refractivity contribution in [2.45, 2.75) is 18.4 Å². The minimum absolute atomic E-state index is 0.146. The van der Waals surface area contributed by atoms with Crippen LogP contribution in [0, 0.1) is 5.82 Å². The molecule has 1 aromatic heterocycles. The summed E-state index contributed by atoms with van der Waals surface area (Å²) in [6.07, 6.45) is 3.64. The lowest BCUT2D eigenvalue weighted by Crippen LogP contribution is -2.33. The van der Waals surface area contributed by atoms with Crippen LogP contribution in [0.4, 0.5) is 10.1 Å². The first-order valence-electron chi connectivity index (χ1n) is 7.71. The molecule has 23 heavy (non-hydrogen) atoms. The fourth-order valence-electron chi connectivity index (χ4n) is 3.63. The highest BCUT2D eigenvalue weighted by molar-refractivity contribution is 5.66. The van der Waals surface area contributed by atoms with E-state index < -0.39 is 0 Å². The summed E-state index contributed by atoms with van der Waals surface area (Å²) in [6, 6.07) is 19.2. The molecule has 0 saturated heterocycles. The highest BCUT2D eigenvalue weighted by Crippen LogP contribution is 2.51. The van der Waals surface area contributed by atoms with Crippen molar-refractivity contribution in [3.05, 3.63) is 95.6 Å². The van der Waals surface area contributed by atoms with Crippen molar-refractivity contribution in [2.75, 3.05) is 5.32 Å². The van der Waals surface area contributed by atoms with Gasteiger partial charge < -0.3 is 5.32 Å². The first kappa shape index (κ1) is 13.9. The normalized spacial score (nSPS) is 22.4. The Morgan fingerprint density at radius 1 is 0.957 bits per heavy atom. The van der Waals surface area contributed by atoms with Crippen molar-refractivity contribution in [1.29, 1.82) is 0 Å². The summed E-state index contributed by atoms with van der Waals surface area (Å²) in [4.78, 5) is 4.13. The van der Waals surface area contributed by atoms with Gasteiger partial charge >= 0.3 is 0 Å². The number of nitrogens with one attached hydrogen (secondary N) is 1. The second-order valence-corrected chi connectivity index (χ2v) is 6.14. The number of hydrogen-bond acceptors (Lipinski definition) is 2. The average molecular weight is 304 g/mol. The van der Waals surface area contributed by atoms with Crippen LogP contribution in [-0.2, 0) is 5.54 Å². The van der Waals surface area contributed by atoms with Crippen LogP contribution < -0.4 is 5.32 Å². The third kappa shape index (κ3) is 2.20. The Morgan fingerprint density at radius 2 is 1.65 bits per heavy atom. The number of rotatable bonds is 2. The molecule has 0 saturated carbocycles. The standard InChI is InChI=1S/C20H17FN2/c1-20(15-6-8-16(21)9-7-15)19(14-10-12-22-13-11-14)17-4-2-3-5-18(17)23-20/h2-13,19,23H,1H3. The molecule has 1 aliphatic heterocycles. The zero-order chi connectivity index (χ0) is 15.9. The summed E-state index contributed by atoms with van der Waals surface area (Å²) in [5, 5.41) is 3.65. The summed E-state index contributed by atoms with van der Waals surface area (Å²) in [6.45, 7) is 2.17. The van der Waals surface area contributed by atoms with Crippen LogP contribution in [-0.4, -0.2) is 4.98 Å². The molecule has 3 heteroatoms. The number of pyridine rings is 1. The van der Waals surface area contributed by atoms with Crippen LogP contribution in [0.1, 0.15) is 29.5 Å². The van der Waals surface area contributed by atoms with Crippen molar-refractivity contribution >= 4 is 5.69 Å². The van der Waals surface area contributed by atoms with Crippen molar-refractivity contribution in [3.63, 3.8) is 0 Å². The SMILES string of the molecule is CC1(c2ccc(F)cc2)Nc2ccccc2C1c1ccncc1. The van der Waals surface area contributed by atoms with Gasteiger partial charge in [0.25, 0.3) is 0 Å². The molecule has 2 atom stereocenters. The summed E-state index contributed by atoms with van der Waals surface area (Å²) >= 11 is 0. The van der Waals surface area contributed by atoms with Crippen LogP contribution >= 0.6 is 0 Å². The molecule has 2 nitrogen and oxygen atoms in total. The Labute approximate surface area is 135 Å². The number of aromatic nitrogens is 1. The fraction of sp³-hybridized carbons (Fsp3) is 0.150. The molecular formula is C20H17FN2. The van der Waals surface area contributed by atoms with Crippen LogP contribution in [0.25, 0.3) is 0 Å². The number of para-hydroxylation sites is 1. The summed E-state index contributed by atoms with van der Waals surface area (Å²) in [7, 11) is 0. The molecule has 2 aromatic carbocycles. The van der Waals surface area contributed by atoms with Crippen LogP contribution in [0.2, 0.25) is 0 Å². The van der Waals surface area contributed by atoms with Crippen molar-refractivity contribution in [3.8, 4) is 0 Å². The monoisotopic (exact) mass is 304 g/mol. The zero-order valence-corrected chi connectivity index (χ0v) is 12.8. The van der Waals surface area contributed by atoms with E-state index >= 15 is 0 Å². The maximum atomic E-state index is 13.4. The fourth-order valence-corrected chi connectivity index (χ4v) is 3.63. The van der Waals surface area contributed by atoms with Gasteiger partial charge in [0.1, 0.15) is 5.82 Å². The van der Waals surface area contributed by atoms with E-state index in [0.29, 0.717) is 0 Å². The molecule has 2 heterocycles. The molecule has 114 valence electrons. The van der Waals surface area contributed by atoms with Gasteiger partial charge in [-0.25, -0.2) is 4.39 Å². The molecule has 0 amide bonds. The first-order chi connectivity index (χ1) is 11.2. The Balaban J connectivity index is 1.91. The maximum absolute atomic E-state index is 13.4. The van der Waals surface area contributed by atoms with Crippen LogP contribution in [0.3, 0.4) is 0 Å². The lowest BCUT2D eigenvalue weighted by molar-refractivity contribution is 0.501. The Morgan fingerprint density at radius 3 is 2.39 bits per heavy atom. The summed E-state index contributed by atoms with van der Waals surface area (Å²) in [5.41, 5.74) is 4.31. The predicted octanol–water partition coefficient (Wildman–Crippen LogP) is 4.69. The third-order valence-corrected chi connectivity index (χ3v) is 4.73. The molecule has 0 aliphatic carbocycles. The summed E-state index contributed by atoms with van der Waals surface area (Å²) < 4.78 is 13.4. The van der Waals surface area contributed by atoms with Gasteiger partial charge in [0, 0.05) is 24.0 Å². The topological polar surface area (TPSA) is 24.9 Å². The average Bonchev–Trinajstić information content (AvgIpc) is 2.89. The van der Waals surface area contributed by atoms with Gasteiger partial charge in [0.2, 0.25) is 0 Å². The lowest BCUT2D eigenvalue weighted by Gasteiger charge is -2.33. The molecule has 0 fully saturated rings. The van der Waals surface area contributed by atoms with E-state index in [1.54, 1.807) is 0 Å². The molecule has 0 radical (unpaired) electrons. The van der Waals surface area contributed by atoms with Crippen LogP contribution in [0.15, 0.2) is 73.1 Å². The maximum Gasteiger partial charge on any atom is 0.123 e. The van der Waals surface area contributed by atoms with Crippen LogP contribution in [0.5, 0.6) is 0 Å². The lowest BCUT2D eigenvalue weighted by atomic mass is 9.75. The highest BCUT2D eigenvalue weighted by atomic mass is 19.1. The highest BCUT2D eigenvalue weighted by Gasteiger charge is 2.44. The van der Waals surface area contributed by atoms with Crippen molar-refractivity contribution in [1.82, 2.24) is 4.98 Å². The number of anilines is 1. The van der Waals surface area contributed by atoms with E-state index in [1.807, 2.05) is 30.6 Å². The van der Waals surface area contributed by atoms with Gasteiger partial charge in [-0.05, 0) is 53.9 Å². The molecule has 1 N–H and O–H groups in total. The van der Waals surface area contributed by atoms with Gasteiger partial charge in [-0.15, -0.1) is 0 Å². The van der Waals surface area contributed by atoms with Gasteiger partial charge in [-0.3, -0.25) is 4.98 Å². The molecule has 3 aromatic rings. The minimum Gasteiger partial charge on any atom is -0.375 e. The number of nitrogens with zero attached hydrogens (tertiary/aromatic N) is 1. The largest absolute Gasteiger partial charge is 0.375 e. The molecule has 2 unspecified atom stereocenters. The van der Waals surface area contributed by atoms with Crippen molar-refractivity contribution < 1.29 is 4.39 Å². The number of fused-ring (bicyclic) bond motifs is 1. The Bertz CT molecular complexity index is 830. The van der Waals surface area contributed by atoms with Crippen molar-refractivity contribution in [2.24, 2.45) is 0 Å². The first-order valence-corrected chi connectivity index (χ1v) is 7.71.